The predicted octanol–water partition coefficient (Wildman–Crippen LogP) is 1.38. The maximum Gasteiger partial charge on any atom is 0.270 e. The Morgan fingerprint density at radius 2 is 2.26 bits per heavy atom. The van der Waals surface area contributed by atoms with Crippen LogP contribution in [0.2, 0.25) is 0 Å². The number of aliphatic hydroxyl groups excluding tert-OH is 1. The number of carbonyl (C=O) groups excluding carboxylic acids is 1. The van der Waals surface area contributed by atoms with Crippen molar-refractivity contribution < 1.29 is 14.6 Å². The fourth-order valence-corrected chi connectivity index (χ4v) is 2.27. The largest absolute Gasteiger partial charge is 0.494 e. The van der Waals surface area contributed by atoms with E-state index >= 15 is 0 Å². The third-order valence-corrected chi connectivity index (χ3v) is 3.28. The van der Waals surface area contributed by atoms with Crippen LogP contribution in [0.15, 0.2) is 24.3 Å². The Bertz CT molecular complexity index is 614. The van der Waals surface area contributed by atoms with Gasteiger partial charge in [0.15, 0.2) is 0 Å². The molecule has 5 nitrogen and oxygen atoms in total. The van der Waals surface area contributed by atoms with E-state index in [0.717, 1.165) is 16.7 Å². The molecule has 1 fully saturated rings. The van der Waals surface area contributed by atoms with Crippen molar-refractivity contribution in [2.24, 2.45) is 0 Å². The van der Waals surface area contributed by atoms with Crippen molar-refractivity contribution in [1.29, 1.82) is 0 Å². The number of carbonyl (C=O) groups is 1. The van der Waals surface area contributed by atoms with Crippen molar-refractivity contribution in [3.63, 3.8) is 0 Å². The molecule has 0 unspecified atom stereocenters. The molecular formula is C14H16N2O3. The average molecular weight is 260 g/mol. The minimum absolute atomic E-state index is 0.0699. The summed E-state index contributed by atoms with van der Waals surface area (Å²) < 4.78 is 5.43. The van der Waals surface area contributed by atoms with Crippen molar-refractivity contribution in [3.8, 4) is 5.75 Å². The molecule has 3 rings (SSSR count). The number of nitrogens with one attached hydrogen (secondary N) is 1. The number of aromatic amines is 1. The molecule has 0 spiro atoms. The zero-order valence-electron chi connectivity index (χ0n) is 10.7. The smallest absolute Gasteiger partial charge is 0.270 e. The summed E-state index contributed by atoms with van der Waals surface area (Å²) >= 11 is 0. The van der Waals surface area contributed by atoms with Crippen molar-refractivity contribution in [2.45, 2.75) is 13.0 Å². The number of hydrogen-bond acceptors (Lipinski definition) is 3. The van der Waals surface area contributed by atoms with Gasteiger partial charge >= 0.3 is 0 Å². The molecule has 2 N–H and O–H groups in total. The number of rotatable bonds is 3. The minimum Gasteiger partial charge on any atom is -0.494 e. The summed E-state index contributed by atoms with van der Waals surface area (Å²) in [5, 5.41) is 10.2. The fourth-order valence-electron chi connectivity index (χ4n) is 2.27. The Morgan fingerprint density at radius 3 is 2.95 bits per heavy atom. The molecule has 0 atom stereocenters. The molecule has 100 valence electrons. The second kappa shape index (κ2) is 4.59. The summed E-state index contributed by atoms with van der Waals surface area (Å²) in [5.74, 6) is 0.717. The summed E-state index contributed by atoms with van der Waals surface area (Å²) in [6.07, 6.45) is -0.377. The van der Waals surface area contributed by atoms with Crippen molar-refractivity contribution in [2.75, 3.05) is 19.7 Å². The van der Waals surface area contributed by atoms with Gasteiger partial charge in [0.2, 0.25) is 0 Å². The van der Waals surface area contributed by atoms with E-state index in [1.165, 1.54) is 0 Å². The van der Waals surface area contributed by atoms with Gasteiger partial charge in [-0.15, -0.1) is 0 Å². The highest BCUT2D eigenvalue weighted by Gasteiger charge is 2.30. The second-order valence-corrected chi connectivity index (χ2v) is 4.73. The number of benzene rings is 1. The molecular weight excluding hydrogens is 244 g/mol. The number of likely N-dealkylation sites (tertiary alicyclic amines) is 1. The molecule has 5 heteroatoms. The lowest BCUT2D eigenvalue weighted by Crippen LogP contribution is -2.53. The summed E-state index contributed by atoms with van der Waals surface area (Å²) in [6.45, 7) is 3.38. The standard InChI is InChI=1S/C14H16N2O3/c1-2-19-11-4-3-9-5-13(15-12(9)6-11)14(18)16-7-10(17)8-16/h3-6,10,15,17H,2,7-8H2,1H3. The first-order valence-electron chi connectivity index (χ1n) is 6.40. The van der Waals surface area contributed by atoms with Crippen LogP contribution in [0.1, 0.15) is 17.4 Å². The second-order valence-electron chi connectivity index (χ2n) is 4.73. The van der Waals surface area contributed by atoms with Crippen LogP contribution in [0.4, 0.5) is 0 Å². The van der Waals surface area contributed by atoms with Gasteiger partial charge in [-0.05, 0) is 25.1 Å². The van der Waals surface area contributed by atoms with Gasteiger partial charge in [0, 0.05) is 30.1 Å². The third kappa shape index (κ3) is 2.17. The van der Waals surface area contributed by atoms with Crippen LogP contribution in [-0.4, -0.2) is 46.7 Å². The fraction of sp³-hybridized carbons (Fsp3) is 0.357. The van der Waals surface area contributed by atoms with Gasteiger partial charge in [-0.1, -0.05) is 0 Å². The minimum atomic E-state index is -0.377. The van der Waals surface area contributed by atoms with E-state index < -0.39 is 0 Å². The van der Waals surface area contributed by atoms with Crippen LogP contribution in [-0.2, 0) is 0 Å². The quantitative estimate of drug-likeness (QED) is 0.876. The highest BCUT2D eigenvalue weighted by atomic mass is 16.5. The first-order chi connectivity index (χ1) is 9.17. The number of aromatic nitrogens is 1. The molecule has 1 aromatic carbocycles. The number of nitrogens with zero attached hydrogens (tertiary/aromatic N) is 1. The zero-order valence-corrected chi connectivity index (χ0v) is 10.7. The first kappa shape index (κ1) is 12.0. The van der Waals surface area contributed by atoms with Crippen LogP contribution < -0.4 is 4.74 Å². The molecule has 2 aromatic rings. The molecule has 1 aromatic heterocycles. The molecule has 2 heterocycles. The number of amides is 1. The number of fused-ring (bicyclic) bond motifs is 1. The molecule has 1 saturated heterocycles. The molecule has 1 aliphatic rings. The Balaban J connectivity index is 1.86. The normalized spacial score (nSPS) is 15.6. The number of ether oxygens (including phenoxy) is 1. The van der Waals surface area contributed by atoms with E-state index in [1.54, 1.807) is 4.90 Å². The summed E-state index contributed by atoms with van der Waals surface area (Å²) in [6, 6.07) is 7.54. The molecule has 0 saturated carbocycles. The summed E-state index contributed by atoms with van der Waals surface area (Å²) in [7, 11) is 0. The predicted molar refractivity (Wildman–Crippen MR) is 71.4 cm³/mol. The lowest BCUT2D eigenvalue weighted by atomic mass is 10.1. The highest BCUT2D eigenvalue weighted by molar-refractivity contribution is 5.98. The molecule has 1 amide bonds. The third-order valence-electron chi connectivity index (χ3n) is 3.28. The topological polar surface area (TPSA) is 65.6 Å². The lowest BCUT2D eigenvalue weighted by Gasteiger charge is -2.35. The van der Waals surface area contributed by atoms with E-state index in [2.05, 4.69) is 4.98 Å². The van der Waals surface area contributed by atoms with Gasteiger partial charge in [-0.2, -0.15) is 0 Å². The van der Waals surface area contributed by atoms with Crippen molar-refractivity contribution in [3.05, 3.63) is 30.0 Å². The van der Waals surface area contributed by atoms with E-state index in [9.17, 15) is 9.90 Å². The molecule has 0 aliphatic carbocycles. The molecule has 0 radical (unpaired) electrons. The number of β-amino-alcohol motifs (C(OH)–C–C–N with tert-alkyl or cyclic N) is 1. The SMILES string of the molecule is CCOc1ccc2cc(C(=O)N3CC(O)C3)[nH]c2c1. The van der Waals surface area contributed by atoms with E-state index in [1.807, 2.05) is 31.2 Å². The van der Waals surface area contributed by atoms with Gasteiger partial charge in [0.05, 0.1) is 12.7 Å². The molecule has 0 bridgehead atoms. The molecule has 1 aliphatic heterocycles. The van der Waals surface area contributed by atoms with Crippen molar-refractivity contribution >= 4 is 16.8 Å². The lowest BCUT2D eigenvalue weighted by molar-refractivity contribution is 0.00557. The zero-order chi connectivity index (χ0) is 13.4. The van der Waals surface area contributed by atoms with Gasteiger partial charge in [0.1, 0.15) is 11.4 Å². The Morgan fingerprint density at radius 1 is 1.47 bits per heavy atom. The number of hydrogen-bond donors (Lipinski definition) is 2. The monoisotopic (exact) mass is 260 g/mol. The van der Waals surface area contributed by atoms with Crippen molar-refractivity contribution in [1.82, 2.24) is 9.88 Å². The average Bonchev–Trinajstić information content (AvgIpc) is 2.77. The van der Waals surface area contributed by atoms with Gasteiger partial charge in [-0.25, -0.2) is 0 Å². The summed E-state index contributed by atoms with van der Waals surface area (Å²) in [5.41, 5.74) is 1.44. The Hall–Kier alpha value is -2.01. The van der Waals surface area contributed by atoms with Crippen LogP contribution >= 0.6 is 0 Å². The number of aliphatic hydroxyl groups is 1. The van der Waals surface area contributed by atoms with Gasteiger partial charge in [0.25, 0.3) is 5.91 Å². The van der Waals surface area contributed by atoms with Gasteiger partial charge in [-0.3, -0.25) is 4.79 Å². The first-order valence-corrected chi connectivity index (χ1v) is 6.40. The molecule has 19 heavy (non-hydrogen) atoms. The highest BCUT2D eigenvalue weighted by Crippen LogP contribution is 2.23. The summed E-state index contributed by atoms with van der Waals surface area (Å²) in [4.78, 5) is 16.8. The van der Waals surface area contributed by atoms with Crippen LogP contribution in [0.5, 0.6) is 5.75 Å². The van der Waals surface area contributed by atoms with Crippen LogP contribution in [0.25, 0.3) is 10.9 Å². The Labute approximate surface area is 110 Å². The Kier molecular flexibility index (Phi) is 2.91. The maximum atomic E-state index is 12.1. The van der Waals surface area contributed by atoms with E-state index in [-0.39, 0.29) is 12.0 Å². The van der Waals surface area contributed by atoms with E-state index in [0.29, 0.717) is 25.4 Å². The maximum absolute atomic E-state index is 12.1. The van der Waals surface area contributed by atoms with Gasteiger partial charge < -0.3 is 19.7 Å². The number of H-pyrrole nitrogens is 1. The van der Waals surface area contributed by atoms with E-state index in [4.69, 9.17) is 4.74 Å². The van der Waals surface area contributed by atoms with Crippen LogP contribution in [0, 0.1) is 0 Å². The van der Waals surface area contributed by atoms with Crippen LogP contribution in [0.3, 0.4) is 0 Å².